The van der Waals surface area contributed by atoms with Gasteiger partial charge in [0.25, 0.3) is 0 Å². The Labute approximate surface area is 120 Å². The number of nitrogens with one attached hydrogen (secondary N) is 1. The van der Waals surface area contributed by atoms with E-state index >= 15 is 0 Å². The molecule has 106 valence electrons. The minimum atomic E-state index is -0.975. The Morgan fingerprint density at radius 3 is 2.50 bits per heavy atom. The van der Waals surface area contributed by atoms with E-state index in [2.05, 4.69) is 5.32 Å². The highest BCUT2D eigenvalue weighted by Crippen LogP contribution is 2.44. The zero-order chi connectivity index (χ0) is 14.3. The summed E-state index contributed by atoms with van der Waals surface area (Å²) in [5, 5.41) is 12.4. The number of rotatable bonds is 3. The van der Waals surface area contributed by atoms with Gasteiger partial charge in [-0.1, -0.05) is 23.7 Å². The van der Waals surface area contributed by atoms with Crippen LogP contribution < -0.4 is 5.32 Å². The second kappa shape index (κ2) is 5.07. The Balaban J connectivity index is 1.80. The summed E-state index contributed by atoms with van der Waals surface area (Å²) >= 11 is 5.99. The minimum absolute atomic E-state index is 0.302. The number of halogens is 1. The number of hydrogen-bond acceptors (Lipinski definition) is 3. The molecule has 4 atom stereocenters. The van der Waals surface area contributed by atoms with Crippen LogP contribution in [0.1, 0.15) is 12.8 Å². The number of aliphatic carboxylic acids is 1. The smallest absolute Gasteiger partial charge is 0.310 e. The molecule has 2 fully saturated rings. The molecule has 0 unspecified atom stereocenters. The minimum Gasteiger partial charge on any atom is -0.481 e. The first-order chi connectivity index (χ1) is 9.58. The lowest BCUT2D eigenvalue weighted by Crippen LogP contribution is -2.40. The van der Waals surface area contributed by atoms with E-state index in [1.54, 1.807) is 24.3 Å². The molecule has 1 aromatic carbocycles. The molecule has 6 heteroatoms. The van der Waals surface area contributed by atoms with Crippen LogP contribution in [0.3, 0.4) is 0 Å². The van der Waals surface area contributed by atoms with Crippen molar-refractivity contribution in [3.63, 3.8) is 0 Å². The van der Waals surface area contributed by atoms with Crippen molar-refractivity contribution in [3.05, 3.63) is 29.3 Å². The molecule has 2 aliphatic rings. The van der Waals surface area contributed by atoms with Gasteiger partial charge < -0.3 is 15.2 Å². The fourth-order valence-corrected chi connectivity index (χ4v) is 3.29. The fourth-order valence-electron chi connectivity index (χ4n) is 3.10. The maximum absolute atomic E-state index is 12.4. The summed E-state index contributed by atoms with van der Waals surface area (Å²) in [6, 6.07) is 6.87. The Bertz CT molecular complexity index is 562. The van der Waals surface area contributed by atoms with Gasteiger partial charge in [-0.3, -0.25) is 9.59 Å². The first-order valence-electron chi connectivity index (χ1n) is 6.51. The van der Waals surface area contributed by atoms with Crippen LogP contribution in [-0.2, 0) is 14.3 Å². The number of amides is 1. The Morgan fingerprint density at radius 2 is 1.85 bits per heavy atom. The van der Waals surface area contributed by atoms with Crippen LogP contribution in [0.25, 0.3) is 0 Å². The number of para-hydroxylation sites is 1. The van der Waals surface area contributed by atoms with Crippen molar-refractivity contribution in [2.75, 3.05) is 5.32 Å². The van der Waals surface area contributed by atoms with Gasteiger partial charge in [0.2, 0.25) is 5.91 Å². The molecule has 2 bridgehead atoms. The molecule has 2 heterocycles. The van der Waals surface area contributed by atoms with Gasteiger partial charge in [-0.2, -0.15) is 0 Å². The highest BCUT2D eigenvalue weighted by atomic mass is 35.5. The standard InChI is InChI=1S/C14H14ClNO4/c15-7-3-1-2-4-8(7)16-13(17)11-9-5-6-10(20-9)12(11)14(18)19/h1-4,9-12H,5-6H2,(H,16,17)(H,18,19)/t9-,10+,11-,12-/m0/s1. The Hall–Kier alpha value is -1.59. The van der Waals surface area contributed by atoms with Crippen molar-refractivity contribution in [2.45, 2.75) is 25.0 Å². The lowest BCUT2D eigenvalue weighted by Gasteiger charge is -2.24. The third kappa shape index (κ3) is 2.17. The number of carbonyl (C=O) groups excluding carboxylic acids is 1. The predicted octanol–water partition coefficient (Wildman–Crippen LogP) is 2.16. The molecular weight excluding hydrogens is 282 g/mol. The van der Waals surface area contributed by atoms with Crippen LogP contribution in [0.5, 0.6) is 0 Å². The molecule has 1 amide bonds. The normalized spacial score (nSPS) is 31.2. The summed E-state index contributed by atoms with van der Waals surface area (Å²) in [5.74, 6) is -2.73. The summed E-state index contributed by atoms with van der Waals surface area (Å²) in [7, 11) is 0. The van der Waals surface area contributed by atoms with Crippen molar-refractivity contribution in [3.8, 4) is 0 Å². The van der Waals surface area contributed by atoms with E-state index in [9.17, 15) is 14.7 Å². The van der Waals surface area contributed by atoms with E-state index in [0.717, 1.165) is 6.42 Å². The van der Waals surface area contributed by atoms with Crippen molar-refractivity contribution in [2.24, 2.45) is 11.8 Å². The van der Waals surface area contributed by atoms with Gasteiger partial charge >= 0.3 is 5.97 Å². The molecule has 2 N–H and O–H groups in total. The molecule has 0 aliphatic carbocycles. The third-order valence-corrected chi connectivity index (χ3v) is 4.32. The van der Waals surface area contributed by atoms with Crippen LogP contribution in [0.4, 0.5) is 5.69 Å². The van der Waals surface area contributed by atoms with Crippen LogP contribution in [0.15, 0.2) is 24.3 Å². The second-order valence-corrected chi connectivity index (χ2v) is 5.56. The number of ether oxygens (including phenoxy) is 1. The maximum Gasteiger partial charge on any atom is 0.310 e. The highest BCUT2D eigenvalue weighted by Gasteiger charge is 2.55. The van der Waals surface area contributed by atoms with E-state index in [-0.39, 0.29) is 18.1 Å². The SMILES string of the molecule is O=C(Nc1ccccc1Cl)[C@@H]1[C@@H](C(=O)O)[C@H]2CC[C@@H]1O2. The Morgan fingerprint density at radius 1 is 1.20 bits per heavy atom. The highest BCUT2D eigenvalue weighted by molar-refractivity contribution is 6.33. The van der Waals surface area contributed by atoms with Crippen molar-refractivity contribution >= 4 is 29.2 Å². The summed E-state index contributed by atoms with van der Waals surface area (Å²) in [5.41, 5.74) is 0.492. The van der Waals surface area contributed by atoms with E-state index in [0.29, 0.717) is 17.1 Å². The summed E-state index contributed by atoms with van der Waals surface area (Å²) in [6.07, 6.45) is 0.787. The van der Waals surface area contributed by atoms with Crippen LogP contribution >= 0.6 is 11.6 Å². The molecule has 2 aliphatic heterocycles. The maximum atomic E-state index is 12.4. The molecule has 0 saturated carbocycles. The van der Waals surface area contributed by atoms with Gasteiger partial charge in [0.05, 0.1) is 34.8 Å². The van der Waals surface area contributed by atoms with E-state index in [1.165, 1.54) is 0 Å². The first kappa shape index (κ1) is 13.4. The molecule has 0 spiro atoms. The summed E-state index contributed by atoms with van der Waals surface area (Å²) in [6.45, 7) is 0. The summed E-state index contributed by atoms with van der Waals surface area (Å²) < 4.78 is 5.57. The number of carboxylic acids is 1. The van der Waals surface area contributed by atoms with Gasteiger partial charge in [-0.15, -0.1) is 0 Å². The number of benzene rings is 1. The molecule has 0 aromatic heterocycles. The van der Waals surface area contributed by atoms with Crippen LogP contribution in [-0.4, -0.2) is 29.2 Å². The van der Waals surface area contributed by atoms with Crippen molar-refractivity contribution in [1.82, 2.24) is 0 Å². The topological polar surface area (TPSA) is 75.6 Å². The van der Waals surface area contributed by atoms with Gasteiger partial charge in [0.15, 0.2) is 0 Å². The average molecular weight is 296 g/mol. The van der Waals surface area contributed by atoms with Gasteiger partial charge in [-0.25, -0.2) is 0 Å². The quantitative estimate of drug-likeness (QED) is 0.896. The van der Waals surface area contributed by atoms with Gasteiger partial charge in [0, 0.05) is 0 Å². The van der Waals surface area contributed by atoms with Crippen LogP contribution in [0, 0.1) is 11.8 Å². The Kier molecular flexibility index (Phi) is 3.40. The number of carboxylic acid groups (broad SMARTS) is 1. The predicted molar refractivity (Wildman–Crippen MR) is 72.6 cm³/mol. The van der Waals surface area contributed by atoms with Gasteiger partial charge in [0.1, 0.15) is 0 Å². The average Bonchev–Trinajstić information content (AvgIpc) is 3.01. The molecular formula is C14H14ClNO4. The summed E-state index contributed by atoms with van der Waals surface area (Å²) in [4.78, 5) is 23.7. The van der Waals surface area contributed by atoms with E-state index in [1.807, 2.05) is 0 Å². The zero-order valence-electron chi connectivity index (χ0n) is 10.6. The molecule has 0 radical (unpaired) electrons. The molecule has 3 rings (SSSR count). The van der Waals surface area contributed by atoms with Gasteiger partial charge in [-0.05, 0) is 25.0 Å². The third-order valence-electron chi connectivity index (χ3n) is 3.99. The van der Waals surface area contributed by atoms with Crippen molar-refractivity contribution < 1.29 is 19.4 Å². The van der Waals surface area contributed by atoms with Crippen molar-refractivity contribution in [1.29, 1.82) is 0 Å². The molecule has 1 aromatic rings. The van der Waals surface area contributed by atoms with Crippen LogP contribution in [0.2, 0.25) is 5.02 Å². The number of anilines is 1. The second-order valence-electron chi connectivity index (χ2n) is 5.15. The lowest BCUT2D eigenvalue weighted by atomic mass is 9.78. The number of fused-ring (bicyclic) bond motifs is 2. The molecule has 5 nitrogen and oxygen atoms in total. The molecule has 2 saturated heterocycles. The first-order valence-corrected chi connectivity index (χ1v) is 6.89. The zero-order valence-corrected chi connectivity index (χ0v) is 11.3. The molecule has 20 heavy (non-hydrogen) atoms. The monoisotopic (exact) mass is 295 g/mol. The number of carbonyl (C=O) groups is 2. The lowest BCUT2D eigenvalue weighted by molar-refractivity contribution is -0.147. The van der Waals surface area contributed by atoms with E-state index < -0.39 is 17.8 Å². The van der Waals surface area contributed by atoms with E-state index in [4.69, 9.17) is 16.3 Å². The number of hydrogen-bond donors (Lipinski definition) is 2. The fraction of sp³-hybridized carbons (Fsp3) is 0.429. The largest absolute Gasteiger partial charge is 0.481 e.